The molecule has 0 bridgehead atoms. The molecule has 2 heterocycles. The van der Waals surface area contributed by atoms with Crippen molar-refractivity contribution in [3.05, 3.63) is 161 Å². The number of unbranched alkanes of at least 4 members (excludes halogenated alkanes) is 1. The fourth-order valence-corrected chi connectivity index (χ4v) is 7.83. The quantitative estimate of drug-likeness (QED) is 0.167. The molecule has 0 unspecified atom stereocenters. The van der Waals surface area contributed by atoms with Gasteiger partial charge in [0, 0.05) is 34.2 Å². The Morgan fingerprint density at radius 2 is 1.69 bits per heavy atom. The van der Waals surface area contributed by atoms with Crippen molar-refractivity contribution in [2.75, 3.05) is 4.90 Å². The van der Waals surface area contributed by atoms with Gasteiger partial charge in [-0.15, -0.1) is 0 Å². The molecule has 0 amide bonds. The molecular weight excluding hydrogens is 591 g/mol. The molecule has 0 N–H and O–H groups in total. The van der Waals surface area contributed by atoms with E-state index < -0.39 is 0 Å². The van der Waals surface area contributed by atoms with E-state index >= 15 is 0 Å². The van der Waals surface area contributed by atoms with Gasteiger partial charge in [0.05, 0.1) is 0 Å². The Morgan fingerprint density at radius 3 is 2.29 bits per heavy atom. The molecule has 2 aromatic rings. The van der Waals surface area contributed by atoms with Crippen LogP contribution in [0.25, 0.3) is 0 Å². The summed E-state index contributed by atoms with van der Waals surface area (Å²) in [5.41, 5.74) is 14.5. The van der Waals surface area contributed by atoms with E-state index in [2.05, 4.69) is 171 Å². The fourth-order valence-electron chi connectivity index (χ4n) is 7.83. The van der Waals surface area contributed by atoms with E-state index in [9.17, 15) is 0 Å². The summed E-state index contributed by atoms with van der Waals surface area (Å²) in [6.07, 6.45) is 21.6. The fraction of sp³-hybridized carbons (Fsp3) is 0.348. The van der Waals surface area contributed by atoms with E-state index in [1.165, 1.54) is 44.6 Å². The van der Waals surface area contributed by atoms with E-state index in [1.807, 2.05) is 12.2 Å². The molecule has 256 valence electrons. The highest BCUT2D eigenvalue weighted by Gasteiger charge is 2.44. The van der Waals surface area contributed by atoms with E-state index in [0.717, 1.165) is 48.3 Å². The van der Waals surface area contributed by atoms with Crippen LogP contribution in [0, 0.1) is 17.8 Å². The molecule has 0 aliphatic carbocycles. The van der Waals surface area contributed by atoms with E-state index in [4.69, 9.17) is 6.58 Å². The molecular formula is C46H59BN2. The normalized spacial score (nSPS) is 16.7. The summed E-state index contributed by atoms with van der Waals surface area (Å²) < 4.78 is 0. The van der Waals surface area contributed by atoms with Crippen LogP contribution in [-0.2, 0) is 6.42 Å². The van der Waals surface area contributed by atoms with Gasteiger partial charge in [0.1, 0.15) is 0 Å². The summed E-state index contributed by atoms with van der Waals surface area (Å²) in [6, 6.07) is 15.8. The number of aryl methyl sites for hydroxylation is 2. The van der Waals surface area contributed by atoms with E-state index in [-0.39, 0.29) is 17.5 Å². The zero-order valence-electron chi connectivity index (χ0n) is 32.1. The summed E-state index contributed by atoms with van der Waals surface area (Å²) in [6.45, 7) is 36.0. The van der Waals surface area contributed by atoms with Crippen LogP contribution in [0.3, 0.4) is 0 Å². The summed E-state index contributed by atoms with van der Waals surface area (Å²) in [5, 5.41) is 0. The first-order chi connectivity index (χ1) is 23.2. The summed E-state index contributed by atoms with van der Waals surface area (Å²) in [7, 11) is 0. The number of benzene rings is 2. The van der Waals surface area contributed by atoms with Gasteiger partial charge in [-0.25, -0.2) is 0 Å². The third kappa shape index (κ3) is 7.83. The second-order valence-corrected chi connectivity index (χ2v) is 15.4. The molecule has 0 saturated carbocycles. The summed E-state index contributed by atoms with van der Waals surface area (Å²) in [4.78, 5) is 4.86. The molecule has 3 heteroatoms. The molecule has 0 spiro atoms. The lowest BCUT2D eigenvalue weighted by atomic mass is 9.32. The standard InChI is InChI=1S/C46H59BN2/c1-14-19-20-25-37(31-34(7)46(12,13)32-45(9,10)11)49-41(18-5)39(23-15-2)47-40-26-21-22-27-42(40)48(35(8)44(47)43(49)24-16-3)38-29-28-36(17-4)33(6)30-38/h15-16,18,20-31H,3,5,7,14,17,19,32H2,1-2,4,6,8-13H3/b23-15-,25-20-,37-31+,43-24+. The lowest BCUT2D eigenvalue weighted by Crippen LogP contribution is -2.50. The third-order valence-corrected chi connectivity index (χ3v) is 9.81. The second-order valence-electron chi connectivity index (χ2n) is 15.4. The number of allylic oxidation sites excluding steroid dienone is 12. The molecule has 0 aromatic heterocycles. The third-order valence-electron chi connectivity index (χ3n) is 9.81. The lowest BCUT2D eigenvalue weighted by Gasteiger charge is -2.46. The minimum atomic E-state index is -0.0920. The van der Waals surface area contributed by atoms with Crippen LogP contribution in [0.1, 0.15) is 92.7 Å². The number of para-hydroxylation sites is 1. The van der Waals surface area contributed by atoms with Crippen molar-refractivity contribution in [1.82, 2.24) is 4.90 Å². The molecule has 2 aliphatic rings. The molecule has 0 saturated heterocycles. The highest BCUT2D eigenvalue weighted by molar-refractivity contribution is 6.89. The van der Waals surface area contributed by atoms with Crippen LogP contribution in [0.5, 0.6) is 0 Å². The van der Waals surface area contributed by atoms with Gasteiger partial charge in [0.15, 0.2) is 0 Å². The van der Waals surface area contributed by atoms with E-state index in [0.29, 0.717) is 0 Å². The predicted octanol–water partition coefficient (Wildman–Crippen LogP) is 12.4. The lowest BCUT2D eigenvalue weighted by molar-refractivity contribution is 0.253. The smallest absolute Gasteiger partial charge is 0.251 e. The molecule has 2 aromatic carbocycles. The predicted molar refractivity (Wildman–Crippen MR) is 219 cm³/mol. The Balaban J connectivity index is 2.11. The Kier molecular flexibility index (Phi) is 11.9. The average Bonchev–Trinajstić information content (AvgIpc) is 3.04. The van der Waals surface area contributed by atoms with Gasteiger partial charge in [0.25, 0.3) is 6.71 Å². The molecule has 2 aliphatic heterocycles. The zero-order valence-corrected chi connectivity index (χ0v) is 32.1. The second kappa shape index (κ2) is 15.5. The SMILES string of the molecule is C=C/C=C1\C2=C(C)N(c3ccc(CC)c(C)c3)c3ccccc3B2C(/C=C\C)=C(C=C)N1C(/C=C\CCC)=C/C(=C)C(C)(C)CC(C)(C)C. The van der Waals surface area contributed by atoms with Crippen LogP contribution in [-0.4, -0.2) is 11.6 Å². The van der Waals surface area contributed by atoms with Gasteiger partial charge in [-0.05, 0) is 126 Å². The Bertz CT molecular complexity index is 1780. The Morgan fingerprint density at radius 1 is 0.980 bits per heavy atom. The Labute approximate surface area is 299 Å². The Hall–Kier alpha value is -4.24. The molecule has 4 rings (SSSR count). The van der Waals surface area contributed by atoms with Crippen molar-refractivity contribution in [1.29, 1.82) is 0 Å². The first-order valence-corrected chi connectivity index (χ1v) is 18.1. The molecule has 49 heavy (non-hydrogen) atoms. The van der Waals surface area contributed by atoms with E-state index in [1.54, 1.807) is 0 Å². The molecule has 0 radical (unpaired) electrons. The summed E-state index contributed by atoms with van der Waals surface area (Å²) in [5.74, 6) is 0. The highest BCUT2D eigenvalue weighted by atomic mass is 15.2. The van der Waals surface area contributed by atoms with Gasteiger partial charge in [-0.2, -0.15) is 0 Å². The maximum atomic E-state index is 4.70. The zero-order chi connectivity index (χ0) is 36.1. The van der Waals surface area contributed by atoms with Crippen molar-refractivity contribution < 1.29 is 0 Å². The van der Waals surface area contributed by atoms with Gasteiger partial charge in [-0.3, -0.25) is 0 Å². The average molecular weight is 651 g/mol. The van der Waals surface area contributed by atoms with Crippen LogP contribution in [0.2, 0.25) is 0 Å². The number of anilines is 2. The van der Waals surface area contributed by atoms with Crippen LogP contribution >= 0.6 is 0 Å². The monoisotopic (exact) mass is 650 g/mol. The van der Waals surface area contributed by atoms with Gasteiger partial charge in [-0.1, -0.05) is 123 Å². The maximum Gasteiger partial charge on any atom is 0.251 e. The first-order valence-electron chi connectivity index (χ1n) is 18.1. The minimum Gasteiger partial charge on any atom is -0.315 e. The van der Waals surface area contributed by atoms with Crippen LogP contribution < -0.4 is 10.4 Å². The number of fused-ring (bicyclic) bond motifs is 3. The highest BCUT2D eigenvalue weighted by Crippen LogP contribution is 2.46. The first kappa shape index (κ1) is 37.6. The minimum absolute atomic E-state index is 0.0246. The van der Waals surface area contributed by atoms with Crippen molar-refractivity contribution in [2.24, 2.45) is 10.8 Å². The topological polar surface area (TPSA) is 6.48 Å². The van der Waals surface area contributed by atoms with Crippen molar-refractivity contribution in [3.8, 4) is 0 Å². The van der Waals surface area contributed by atoms with Crippen molar-refractivity contribution in [3.63, 3.8) is 0 Å². The van der Waals surface area contributed by atoms with Gasteiger partial charge >= 0.3 is 0 Å². The summed E-state index contributed by atoms with van der Waals surface area (Å²) >= 11 is 0. The number of rotatable bonds is 12. The number of nitrogens with zero attached hydrogens (tertiary/aromatic N) is 2. The number of hydrogen-bond acceptors (Lipinski definition) is 2. The van der Waals surface area contributed by atoms with Crippen molar-refractivity contribution >= 4 is 23.6 Å². The molecule has 0 fully saturated rings. The molecule has 0 atom stereocenters. The van der Waals surface area contributed by atoms with Crippen LogP contribution in [0.15, 0.2) is 150 Å². The van der Waals surface area contributed by atoms with Gasteiger partial charge < -0.3 is 9.80 Å². The van der Waals surface area contributed by atoms with Gasteiger partial charge in [0.2, 0.25) is 0 Å². The van der Waals surface area contributed by atoms with Crippen molar-refractivity contribution in [2.45, 2.75) is 94.9 Å². The largest absolute Gasteiger partial charge is 0.315 e. The van der Waals surface area contributed by atoms with Crippen LogP contribution in [0.4, 0.5) is 11.4 Å². The number of hydrogen-bond donors (Lipinski definition) is 0. The molecule has 2 nitrogen and oxygen atoms in total. The maximum absolute atomic E-state index is 4.70.